The number of ether oxygens (including phenoxy) is 1. The number of aliphatic hydroxyl groups excluding tert-OH is 1. The van der Waals surface area contributed by atoms with Crippen molar-refractivity contribution in [2.24, 2.45) is 0 Å². The summed E-state index contributed by atoms with van der Waals surface area (Å²) in [6, 6.07) is 5.14. The molecule has 0 fully saturated rings. The summed E-state index contributed by atoms with van der Waals surface area (Å²) in [6.45, 7) is 2.84. The third kappa shape index (κ3) is 3.72. The van der Waals surface area contributed by atoms with E-state index in [-0.39, 0.29) is 51.3 Å². The third-order valence-electron chi connectivity index (χ3n) is 4.81. The first-order chi connectivity index (χ1) is 13.5. The van der Waals surface area contributed by atoms with Crippen molar-refractivity contribution in [1.82, 2.24) is 0 Å². The van der Waals surface area contributed by atoms with Crippen LogP contribution in [0.25, 0.3) is 22.1 Å². The van der Waals surface area contributed by atoms with E-state index in [2.05, 4.69) is 0 Å². The predicted octanol–water partition coefficient (Wildman–Crippen LogP) is 2.26. The van der Waals surface area contributed by atoms with Crippen LogP contribution in [-0.4, -0.2) is 44.3 Å². The van der Waals surface area contributed by atoms with Gasteiger partial charge in [-0.2, -0.15) is 0 Å². The summed E-state index contributed by atoms with van der Waals surface area (Å²) in [5.74, 6) is -0.771. The van der Waals surface area contributed by atoms with Crippen molar-refractivity contribution < 1.29 is 34.7 Å². The molecule has 0 saturated carbocycles. The lowest BCUT2D eigenvalue weighted by atomic mass is 9.93. The van der Waals surface area contributed by atoms with Gasteiger partial charge in [-0.25, -0.2) is 0 Å². The van der Waals surface area contributed by atoms with Crippen molar-refractivity contribution in [1.29, 1.82) is 0 Å². The molecule has 2 aromatic carbocycles. The molecule has 0 saturated heterocycles. The fraction of sp³-hybridized carbons (Fsp3) is 0.286. The minimum absolute atomic E-state index is 0.0237. The number of aromatic hydroxyl groups is 3. The van der Waals surface area contributed by atoms with Gasteiger partial charge >= 0.3 is 0 Å². The second-order valence-electron chi connectivity index (χ2n) is 7.33. The third-order valence-corrected chi connectivity index (χ3v) is 4.81. The number of benzene rings is 2. The quantitative estimate of drug-likeness (QED) is 0.438. The number of phenolic OH excluding ortho intramolecular Hbond substituents is 3. The molecule has 0 unspecified atom stereocenters. The van der Waals surface area contributed by atoms with E-state index in [1.165, 1.54) is 39.2 Å². The van der Waals surface area contributed by atoms with Crippen LogP contribution in [0.1, 0.15) is 19.4 Å². The Morgan fingerprint density at radius 3 is 2.41 bits per heavy atom. The Morgan fingerprint density at radius 1 is 1.14 bits per heavy atom. The molecule has 0 radical (unpaired) electrons. The van der Waals surface area contributed by atoms with Crippen molar-refractivity contribution in [3.05, 3.63) is 46.3 Å². The maximum absolute atomic E-state index is 13.1. The Labute approximate surface area is 165 Å². The summed E-state index contributed by atoms with van der Waals surface area (Å²) >= 11 is 0. The lowest BCUT2D eigenvalue weighted by Crippen LogP contribution is -2.37. The van der Waals surface area contributed by atoms with Crippen molar-refractivity contribution in [3.8, 4) is 34.1 Å². The van der Waals surface area contributed by atoms with Gasteiger partial charge in [0.25, 0.3) is 0 Å². The summed E-state index contributed by atoms with van der Waals surface area (Å²) in [5.41, 5.74) is -1.79. The monoisotopic (exact) mass is 402 g/mol. The van der Waals surface area contributed by atoms with Crippen molar-refractivity contribution in [2.75, 3.05) is 7.11 Å². The fourth-order valence-corrected chi connectivity index (χ4v) is 3.04. The summed E-state index contributed by atoms with van der Waals surface area (Å²) < 4.78 is 10.7. The van der Waals surface area contributed by atoms with Crippen molar-refractivity contribution in [2.45, 2.75) is 32.0 Å². The molecule has 1 heterocycles. The Kier molecular flexibility index (Phi) is 5.16. The smallest absolute Gasteiger partial charge is 0.204 e. The molecule has 0 amide bonds. The molecule has 0 spiro atoms. The van der Waals surface area contributed by atoms with Gasteiger partial charge in [-0.15, -0.1) is 0 Å². The highest BCUT2D eigenvalue weighted by atomic mass is 16.5. The number of hydrogen-bond acceptors (Lipinski definition) is 8. The van der Waals surface area contributed by atoms with Gasteiger partial charge in [0.05, 0.1) is 24.4 Å². The number of phenols is 3. The zero-order valence-electron chi connectivity index (χ0n) is 16.1. The van der Waals surface area contributed by atoms with Crippen molar-refractivity contribution in [3.63, 3.8) is 0 Å². The van der Waals surface area contributed by atoms with Gasteiger partial charge in [-0.3, -0.25) is 4.79 Å². The van der Waals surface area contributed by atoms with Gasteiger partial charge in [-0.1, -0.05) is 0 Å². The van der Waals surface area contributed by atoms with Crippen LogP contribution in [0.4, 0.5) is 0 Å². The molecule has 3 rings (SSSR count). The van der Waals surface area contributed by atoms with Gasteiger partial charge in [0.15, 0.2) is 0 Å². The van der Waals surface area contributed by atoms with Crippen LogP contribution >= 0.6 is 0 Å². The number of hydrogen-bond donors (Lipinski definition) is 5. The van der Waals surface area contributed by atoms with E-state index in [4.69, 9.17) is 9.15 Å². The highest BCUT2D eigenvalue weighted by molar-refractivity contribution is 5.90. The van der Waals surface area contributed by atoms with E-state index >= 15 is 0 Å². The molecule has 5 N–H and O–H groups in total. The minimum Gasteiger partial charge on any atom is -0.508 e. The van der Waals surface area contributed by atoms with Gasteiger partial charge in [0.1, 0.15) is 40.2 Å². The predicted molar refractivity (Wildman–Crippen MR) is 105 cm³/mol. The molecule has 8 nitrogen and oxygen atoms in total. The van der Waals surface area contributed by atoms with E-state index in [9.17, 15) is 30.3 Å². The first-order valence-corrected chi connectivity index (χ1v) is 8.81. The zero-order chi connectivity index (χ0) is 21.5. The normalized spacial score (nSPS) is 12.9. The minimum atomic E-state index is -1.45. The van der Waals surface area contributed by atoms with Crippen LogP contribution in [0, 0.1) is 0 Å². The first-order valence-electron chi connectivity index (χ1n) is 8.81. The van der Waals surface area contributed by atoms with E-state index in [0.29, 0.717) is 0 Å². The molecule has 0 aliphatic rings. The Balaban J connectivity index is 2.26. The highest BCUT2D eigenvalue weighted by Gasteiger charge is 2.29. The molecular weight excluding hydrogens is 380 g/mol. The average molecular weight is 402 g/mol. The summed E-state index contributed by atoms with van der Waals surface area (Å²) in [6.07, 6.45) is -0.278. The summed E-state index contributed by atoms with van der Waals surface area (Å²) in [5, 5.41) is 50.4. The number of methoxy groups -OCH3 is 1. The van der Waals surface area contributed by atoms with E-state index in [1.54, 1.807) is 0 Å². The number of rotatable bonds is 5. The molecule has 0 aliphatic carbocycles. The largest absolute Gasteiger partial charge is 0.508 e. The second-order valence-corrected chi connectivity index (χ2v) is 7.33. The van der Waals surface area contributed by atoms with E-state index in [0.717, 1.165) is 12.3 Å². The molecular formula is C21H22O8. The SMILES string of the molecule is COc1cc2occ(-c3ccc(O)cc3O)c(=O)c2c(O)c1C[C@H](O)C(C)(C)O. The lowest BCUT2D eigenvalue weighted by molar-refractivity contribution is -0.0472. The zero-order valence-corrected chi connectivity index (χ0v) is 16.1. The standard InChI is InChI=1S/C21H22O8/c1-21(2,27)17(24)7-12-15(28-3)8-16-18(19(12)25)20(26)13(9-29-16)11-5-4-10(22)6-14(11)23/h4-6,8-9,17,22-25,27H,7H2,1-3H3/t17-/m0/s1. The first kappa shape index (κ1) is 20.5. The van der Waals surface area contributed by atoms with Crippen molar-refractivity contribution >= 4 is 11.0 Å². The molecule has 3 aromatic rings. The molecule has 1 aromatic heterocycles. The van der Waals surface area contributed by atoms with Gasteiger partial charge in [0.2, 0.25) is 5.43 Å². The fourth-order valence-electron chi connectivity index (χ4n) is 3.04. The molecule has 0 bridgehead atoms. The lowest BCUT2D eigenvalue weighted by Gasteiger charge is -2.25. The maximum atomic E-state index is 13.1. The van der Waals surface area contributed by atoms with Crippen LogP contribution in [0.5, 0.6) is 23.0 Å². The summed E-state index contributed by atoms with van der Waals surface area (Å²) in [7, 11) is 1.36. The Morgan fingerprint density at radius 2 is 1.83 bits per heavy atom. The molecule has 0 aliphatic heterocycles. The molecule has 29 heavy (non-hydrogen) atoms. The second kappa shape index (κ2) is 7.31. The van der Waals surface area contributed by atoms with Gasteiger partial charge in [-0.05, 0) is 26.0 Å². The van der Waals surface area contributed by atoms with Crippen LogP contribution in [0.2, 0.25) is 0 Å². The van der Waals surface area contributed by atoms with Gasteiger partial charge < -0.3 is 34.7 Å². The van der Waals surface area contributed by atoms with E-state index in [1.807, 2.05) is 0 Å². The Hall–Kier alpha value is -3.23. The molecule has 1 atom stereocenters. The molecule has 154 valence electrons. The maximum Gasteiger partial charge on any atom is 0.204 e. The number of aliphatic hydroxyl groups is 2. The molecule has 8 heteroatoms. The highest BCUT2D eigenvalue weighted by Crippen LogP contribution is 2.38. The van der Waals surface area contributed by atoms with Crippen LogP contribution in [0.3, 0.4) is 0 Å². The summed E-state index contributed by atoms with van der Waals surface area (Å²) in [4.78, 5) is 13.1. The van der Waals surface area contributed by atoms with E-state index < -0.39 is 22.9 Å². The topological polar surface area (TPSA) is 141 Å². The van der Waals surface area contributed by atoms with Crippen LogP contribution in [-0.2, 0) is 6.42 Å². The number of fused-ring (bicyclic) bond motifs is 1. The van der Waals surface area contributed by atoms with Crippen LogP contribution < -0.4 is 10.2 Å². The average Bonchev–Trinajstić information content (AvgIpc) is 2.63. The van der Waals surface area contributed by atoms with Gasteiger partial charge in [0, 0.05) is 29.7 Å². The Bertz CT molecular complexity index is 1120. The van der Waals surface area contributed by atoms with Crippen LogP contribution in [0.15, 0.2) is 39.7 Å².